The van der Waals surface area contributed by atoms with Gasteiger partial charge in [0.05, 0.1) is 22.7 Å². The van der Waals surface area contributed by atoms with E-state index in [1.807, 2.05) is 58.0 Å². The van der Waals surface area contributed by atoms with Gasteiger partial charge in [-0.25, -0.2) is 8.42 Å². The molecular formula is C26H30N2O3S. The highest BCUT2D eigenvalue weighted by atomic mass is 32.2. The molecule has 0 fully saturated rings. The van der Waals surface area contributed by atoms with Crippen molar-refractivity contribution in [3.8, 4) is 0 Å². The van der Waals surface area contributed by atoms with Crippen molar-refractivity contribution in [2.75, 3.05) is 4.31 Å². The third-order valence-corrected chi connectivity index (χ3v) is 7.33. The first-order valence-corrected chi connectivity index (χ1v) is 12.2. The van der Waals surface area contributed by atoms with E-state index in [1.54, 1.807) is 48.5 Å². The van der Waals surface area contributed by atoms with Crippen molar-refractivity contribution in [2.45, 2.75) is 45.2 Å². The number of nitrogens with zero attached hydrogens (tertiary/aromatic N) is 1. The number of nitrogens with one attached hydrogen (secondary N) is 1. The minimum Gasteiger partial charge on any atom is -0.349 e. The summed E-state index contributed by atoms with van der Waals surface area (Å²) in [6.07, 6.45) is 0. The Labute approximate surface area is 191 Å². The van der Waals surface area contributed by atoms with Gasteiger partial charge >= 0.3 is 0 Å². The Balaban J connectivity index is 2.10. The van der Waals surface area contributed by atoms with Crippen LogP contribution in [0.1, 0.15) is 42.3 Å². The quantitative estimate of drug-likeness (QED) is 0.515. The minimum atomic E-state index is -3.92. The summed E-state index contributed by atoms with van der Waals surface area (Å²) in [4.78, 5) is 13.3. The van der Waals surface area contributed by atoms with Crippen LogP contribution in [0.25, 0.3) is 0 Å². The molecule has 1 amide bonds. The highest BCUT2D eigenvalue weighted by Crippen LogP contribution is 2.29. The van der Waals surface area contributed by atoms with Gasteiger partial charge in [-0.3, -0.25) is 9.10 Å². The van der Waals surface area contributed by atoms with E-state index < -0.39 is 10.0 Å². The van der Waals surface area contributed by atoms with E-state index >= 15 is 0 Å². The zero-order chi connectivity index (χ0) is 23.3. The molecule has 0 saturated carbocycles. The zero-order valence-corrected chi connectivity index (χ0v) is 19.8. The normalized spacial score (nSPS) is 12.4. The van der Waals surface area contributed by atoms with E-state index in [9.17, 15) is 13.2 Å². The Bertz CT molecular complexity index is 1160. The van der Waals surface area contributed by atoms with E-state index in [4.69, 9.17) is 0 Å². The van der Waals surface area contributed by atoms with Crippen LogP contribution in [-0.2, 0) is 16.6 Å². The maximum Gasteiger partial charge on any atom is 0.264 e. The summed E-state index contributed by atoms with van der Waals surface area (Å²) in [5.74, 6) is -0.0400. The first kappa shape index (κ1) is 23.5. The number of carbonyl (C=O) groups excluding carboxylic acids is 1. The molecule has 0 aliphatic heterocycles. The van der Waals surface area contributed by atoms with E-state index in [0.29, 0.717) is 11.3 Å². The van der Waals surface area contributed by atoms with Crippen LogP contribution in [0.2, 0.25) is 0 Å². The molecule has 0 bridgehead atoms. The standard InChI is InChI=1S/C26H30N2O3S/c1-19(2)21(4)27-26(29)24-12-8-9-13-25(24)28(18-22-10-6-5-7-11-22)32(30,31)23-16-14-20(3)15-17-23/h5-17,19,21H,18H2,1-4H3,(H,27,29)/t21-/m1/s1. The fourth-order valence-electron chi connectivity index (χ4n) is 3.22. The van der Waals surface area contributed by atoms with Crippen LogP contribution in [0.3, 0.4) is 0 Å². The molecular weight excluding hydrogens is 420 g/mol. The molecule has 3 aromatic carbocycles. The number of para-hydroxylation sites is 1. The molecule has 1 atom stereocenters. The van der Waals surface area contributed by atoms with Crippen molar-refractivity contribution in [3.05, 3.63) is 95.6 Å². The Kier molecular flexibility index (Phi) is 7.36. The second-order valence-electron chi connectivity index (χ2n) is 8.33. The van der Waals surface area contributed by atoms with Crippen molar-refractivity contribution in [1.29, 1.82) is 0 Å². The Morgan fingerprint density at radius 3 is 2.09 bits per heavy atom. The number of sulfonamides is 1. The molecule has 0 spiro atoms. The van der Waals surface area contributed by atoms with Gasteiger partial charge in [-0.1, -0.05) is 74.0 Å². The monoisotopic (exact) mass is 450 g/mol. The molecule has 6 heteroatoms. The number of hydrogen-bond donors (Lipinski definition) is 1. The highest BCUT2D eigenvalue weighted by Gasteiger charge is 2.29. The summed E-state index contributed by atoms with van der Waals surface area (Å²) in [7, 11) is -3.92. The van der Waals surface area contributed by atoms with Crippen molar-refractivity contribution in [1.82, 2.24) is 5.32 Å². The van der Waals surface area contributed by atoms with Crippen LogP contribution in [0, 0.1) is 12.8 Å². The highest BCUT2D eigenvalue weighted by molar-refractivity contribution is 7.92. The lowest BCUT2D eigenvalue weighted by molar-refractivity contribution is 0.0931. The van der Waals surface area contributed by atoms with Crippen LogP contribution in [0.5, 0.6) is 0 Å². The van der Waals surface area contributed by atoms with Gasteiger partial charge in [-0.05, 0) is 49.6 Å². The lowest BCUT2D eigenvalue weighted by atomic mass is 10.1. The second kappa shape index (κ2) is 10.0. The Hall–Kier alpha value is -3.12. The number of anilines is 1. The number of benzene rings is 3. The van der Waals surface area contributed by atoms with Gasteiger partial charge in [0.15, 0.2) is 0 Å². The zero-order valence-electron chi connectivity index (χ0n) is 18.9. The lowest BCUT2D eigenvalue weighted by Gasteiger charge is -2.27. The van der Waals surface area contributed by atoms with Gasteiger partial charge in [-0.2, -0.15) is 0 Å². The summed E-state index contributed by atoms with van der Waals surface area (Å²) >= 11 is 0. The number of rotatable bonds is 8. The predicted octanol–water partition coefficient (Wildman–Crippen LogP) is 5.16. The molecule has 5 nitrogen and oxygen atoms in total. The summed E-state index contributed by atoms with van der Waals surface area (Å²) in [6.45, 7) is 8.02. The third-order valence-electron chi connectivity index (χ3n) is 5.55. The van der Waals surface area contributed by atoms with Gasteiger partial charge < -0.3 is 5.32 Å². The first-order valence-electron chi connectivity index (χ1n) is 10.7. The van der Waals surface area contributed by atoms with E-state index in [-0.39, 0.29) is 29.3 Å². The SMILES string of the molecule is Cc1ccc(S(=O)(=O)N(Cc2ccccc2)c2ccccc2C(=O)N[C@H](C)C(C)C)cc1. The summed E-state index contributed by atoms with van der Waals surface area (Å²) < 4.78 is 28.8. The number of hydrogen-bond acceptors (Lipinski definition) is 3. The molecule has 0 aliphatic rings. The van der Waals surface area contributed by atoms with Crippen LogP contribution >= 0.6 is 0 Å². The van der Waals surface area contributed by atoms with Crippen LogP contribution in [0.15, 0.2) is 83.8 Å². The molecule has 3 aromatic rings. The van der Waals surface area contributed by atoms with Crippen LogP contribution < -0.4 is 9.62 Å². The number of aryl methyl sites for hydroxylation is 1. The van der Waals surface area contributed by atoms with Gasteiger partial charge in [0, 0.05) is 6.04 Å². The second-order valence-corrected chi connectivity index (χ2v) is 10.2. The summed E-state index contributed by atoms with van der Waals surface area (Å²) in [6, 6.07) is 22.9. The Morgan fingerprint density at radius 1 is 0.875 bits per heavy atom. The molecule has 0 saturated heterocycles. The predicted molar refractivity (Wildman–Crippen MR) is 129 cm³/mol. The molecule has 1 N–H and O–H groups in total. The fourth-order valence-corrected chi connectivity index (χ4v) is 4.69. The van der Waals surface area contributed by atoms with Crippen molar-refractivity contribution in [3.63, 3.8) is 0 Å². The molecule has 3 rings (SSSR count). The van der Waals surface area contributed by atoms with Gasteiger partial charge in [0.1, 0.15) is 0 Å². The van der Waals surface area contributed by atoms with E-state index in [0.717, 1.165) is 11.1 Å². The molecule has 0 aromatic heterocycles. The van der Waals surface area contributed by atoms with Crippen molar-refractivity contribution < 1.29 is 13.2 Å². The Morgan fingerprint density at radius 2 is 1.47 bits per heavy atom. The summed E-state index contributed by atoms with van der Waals surface area (Å²) in [5.41, 5.74) is 2.48. The van der Waals surface area contributed by atoms with Crippen molar-refractivity contribution >= 4 is 21.6 Å². The minimum absolute atomic E-state index is 0.0492. The number of amides is 1. The molecule has 0 unspecified atom stereocenters. The first-order chi connectivity index (χ1) is 15.2. The smallest absolute Gasteiger partial charge is 0.264 e. The maximum absolute atomic E-state index is 13.7. The lowest BCUT2D eigenvalue weighted by Crippen LogP contribution is -2.38. The number of carbonyl (C=O) groups is 1. The van der Waals surface area contributed by atoms with E-state index in [2.05, 4.69) is 5.32 Å². The average Bonchev–Trinajstić information content (AvgIpc) is 2.78. The van der Waals surface area contributed by atoms with Gasteiger partial charge in [-0.15, -0.1) is 0 Å². The fraction of sp³-hybridized carbons (Fsp3) is 0.269. The van der Waals surface area contributed by atoms with Gasteiger partial charge in [0.2, 0.25) is 0 Å². The summed E-state index contributed by atoms with van der Waals surface area (Å²) in [5, 5.41) is 2.99. The molecule has 0 aliphatic carbocycles. The van der Waals surface area contributed by atoms with Crippen LogP contribution in [-0.4, -0.2) is 20.4 Å². The van der Waals surface area contributed by atoms with Gasteiger partial charge in [0.25, 0.3) is 15.9 Å². The maximum atomic E-state index is 13.7. The van der Waals surface area contributed by atoms with Crippen LogP contribution in [0.4, 0.5) is 5.69 Å². The molecule has 0 heterocycles. The molecule has 0 radical (unpaired) electrons. The topological polar surface area (TPSA) is 66.5 Å². The molecule has 32 heavy (non-hydrogen) atoms. The largest absolute Gasteiger partial charge is 0.349 e. The average molecular weight is 451 g/mol. The van der Waals surface area contributed by atoms with Crippen molar-refractivity contribution in [2.24, 2.45) is 5.92 Å². The third kappa shape index (κ3) is 5.37. The van der Waals surface area contributed by atoms with E-state index in [1.165, 1.54) is 4.31 Å². The molecule has 168 valence electrons.